The number of imide groups is 1. The number of ether oxygens (including phenoxy) is 2. The first kappa shape index (κ1) is 24.4. The Morgan fingerprint density at radius 2 is 1.91 bits per heavy atom. The van der Waals surface area contributed by atoms with Gasteiger partial charge in [0, 0.05) is 24.1 Å². The molecule has 3 amide bonds. The molecule has 0 saturated carbocycles. The highest BCUT2D eigenvalue weighted by Gasteiger charge is 2.44. The summed E-state index contributed by atoms with van der Waals surface area (Å²) in [7, 11) is 0. The number of aldehydes is 1. The van der Waals surface area contributed by atoms with E-state index >= 15 is 0 Å². The fourth-order valence-corrected chi connectivity index (χ4v) is 3.71. The van der Waals surface area contributed by atoms with Crippen molar-refractivity contribution in [2.75, 3.05) is 0 Å². The lowest BCUT2D eigenvalue weighted by Gasteiger charge is -2.21. The first-order chi connectivity index (χ1) is 16.6. The Hall–Kier alpha value is -3.77. The summed E-state index contributed by atoms with van der Waals surface area (Å²) in [6, 6.07) is 8.84. The minimum absolute atomic E-state index is 0.0870. The van der Waals surface area contributed by atoms with Crippen molar-refractivity contribution in [3.8, 4) is 5.75 Å². The van der Waals surface area contributed by atoms with E-state index in [0.717, 1.165) is 12.1 Å². The van der Waals surface area contributed by atoms with Crippen LogP contribution in [0.25, 0.3) is 0 Å². The van der Waals surface area contributed by atoms with Crippen LogP contribution in [0.1, 0.15) is 50.8 Å². The Bertz CT molecular complexity index is 1150. The fourth-order valence-electron chi connectivity index (χ4n) is 3.71. The monoisotopic (exact) mass is 491 g/mol. The lowest BCUT2D eigenvalue weighted by Crippen LogP contribution is -2.51. The van der Waals surface area contributed by atoms with Gasteiger partial charge in [0.05, 0.1) is 6.04 Å². The van der Waals surface area contributed by atoms with E-state index in [1.54, 1.807) is 18.2 Å². The molecule has 3 N–H and O–H groups in total. The molecule has 2 aromatic rings. The number of rotatable bonds is 8. The molecule has 35 heavy (non-hydrogen) atoms. The van der Waals surface area contributed by atoms with Crippen molar-refractivity contribution in [2.24, 2.45) is 0 Å². The smallest absolute Gasteiger partial charge is 0.406 e. The molecule has 0 spiro atoms. The second kappa shape index (κ2) is 9.84. The van der Waals surface area contributed by atoms with E-state index in [1.807, 2.05) is 0 Å². The van der Waals surface area contributed by atoms with Gasteiger partial charge in [0.2, 0.25) is 11.8 Å². The number of carbonyl (C=O) groups excluding carboxylic acids is 4. The zero-order valence-electron chi connectivity index (χ0n) is 18.1. The molecule has 4 rings (SSSR count). The third-order valence-electron chi connectivity index (χ3n) is 5.48. The zero-order valence-corrected chi connectivity index (χ0v) is 18.1. The largest absolute Gasteiger partial charge is 0.573 e. The highest BCUT2D eigenvalue weighted by Crippen LogP contribution is 2.39. The van der Waals surface area contributed by atoms with Gasteiger partial charge in [0.1, 0.15) is 24.4 Å². The van der Waals surface area contributed by atoms with E-state index in [1.165, 1.54) is 12.1 Å². The number of benzene rings is 2. The lowest BCUT2D eigenvalue weighted by atomic mass is 10.0. The summed E-state index contributed by atoms with van der Waals surface area (Å²) in [6.07, 6.45) is -4.60. The van der Waals surface area contributed by atoms with E-state index in [9.17, 15) is 32.3 Å². The number of alkyl halides is 3. The molecule has 3 unspecified atom stereocenters. The first-order valence-electron chi connectivity index (χ1n) is 10.6. The summed E-state index contributed by atoms with van der Waals surface area (Å²) < 4.78 is 46.2. The molecule has 2 heterocycles. The predicted molar refractivity (Wildman–Crippen MR) is 113 cm³/mol. The molecule has 12 heteroatoms. The summed E-state index contributed by atoms with van der Waals surface area (Å²) in [5.74, 6) is -1.71. The van der Waals surface area contributed by atoms with Crippen LogP contribution in [0, 0.1) is 0 Å². The third kappa shape index (κ3) is 6.22. The zero-order chi connectivity index (χ0) is 25.2. The van der Waals surface area contributed by atoms with E-state index in [2.05, 4.69) is 20.7 Å². The number of nitrogens with one attached hydrogen (secondary N) is 3. The number of halogens is 3. The molecular weight excluding hydrogens is 471 g/mol. The summed E-state index contributed by atoms with van der Waals surface area (Å²) in [4.78, 5) is 47.1. The Labute approximate surface area is 197 Å². The van der Waals surface area contributed by atoms with Gasteiger partial charge in [-0.05, 0) is 41.8 Å². The molecule has 2 aliphatic heterocycles. The van der Waals surface area contributed by atoms with Crippen LogP contribution < -0.4 is 20.7 Å². The number of hydrogen-bond donors (Lipinski definition) is 3. The van der Waals surface area contributed by atoms with E-state index in [4.69, 9.17) is 4.74 Å². The van der Waals surface area contributed by atoms with Crippen LogP contribution in [-0.4, -0.2) is 42.6 Å². The number of carbonyl (C=O) groups is 4. The van der Waals surface area contributed by atoms with Crippen LogP contribution in [-0.2, 0) is 20.9 Å². The maximum absolute atomic E-state index is 12.4. The van der Waals surface area contributed by atoms with Crippen LogP contribution in [0.3, 0.4) is 0 Å². The fraction of sp³-hybridized carbons (Fsp3) is 0.304. The van der Waals surface area contributed by atoms with Gasteiger partial charge in [-0.3, -0.25) is 29.8 Å². The lowest BCUT2D eigenvalue weighted by molar-refractivity contribution is -0.274. The van der Waals surface area contributed by atoms with Gasteiger partial charge in [-0.25, -0.2) is 0 Å². The molecule has 0 aromatic heterocycles. The minimum atomic E-state index is -4.82. The highest BCUT2D eigenvalue weighted by atomic mass is 19.4. The van der Waals surface area contributed by atoms with E-state index < -0.39 is 42.3 Å². The molecule has 2 saturated heterocycles. The SMILES string of the molecule is O=Cc1ccc(CNC(=O)c2ccc(OC(F)(F)F)cc2)cc1C1OC1NC1CCC(=O)NC1=O. The molecule has 3 atom stereocenters. The Balaban J connectivity index is 1.36. The highest BCUT2D eigenvalue weighted by molar-refractivity contribution is 6.00. The van der Waals surface area contributed by atoms with Crippen LogP contribution in [0.5, 0.6) is 5.75 Å². The van der Waals surface area contributed by atoms with Crippen LogP contribution >= 0.6 is 0 Å². The van der Waals surface area contributed by atoms with Gasteiger partial charge >= 0.3 is 6.36 Å². The average Bonchev–Trinajstić information content (AvgIpc) is 3.57. The van der Waals surface area contributed by atoms with Gasteiger partial charge in [-0.15, -0.1) is 13.2 Å². The number of piperidine rings is 1. The van der Waals surface area contributed by atoms with Gasteiger partial charge in [0.15, 0.2) is 0 Å². The topological polar surface area (TPSA) is 126 Å². The van der Waals surface area contributed by atoms with Gasteiger partial charge in [-0.2, -0.15) is 0 Å². The number of hydrogen-bond acceptors (Lipinski definition) is 7. The molecule has 184 valence electrons. The Morgan fingerprint density at radius 1 is 1.17 bits per heavy atom. The molecular formula is C23H20F3N3O6. The molecule has 2 aliphatic rings. The van der Waals surface area contributed by atoms with E-state index in [-0.39, 0.29) is 24.4 Å². The number of amides is 3. The van der Waals surface area contributed by atoms with Crippen molar-refractivity contribution in [1.29, 1.82) is 0 Å². The summed E-state index contributed by atoms with van der Waals surface area (Å²) in [6.45, 7) is 0.0870. The summed E-state index contributed by atoms with van der Waals surface area (Å²) in [5, 5.41) is 7.94. The van der Waals surface area contributed by atoms with Crippen LogP contribution in [0.4, 0.5) is 13.2 Å². The molecule has 2 aromatic carbocycles. The van der Waals surface area contributed by atoms with Crippen LogP contribution in [0.2, 0.25) is 0 Å². The first-order valence-corrected chi connectivity index (χ1v) is 10.6. The average molecular weight is 491 g/mol. The maximum atomic E-state index is 12.4. The second-order valence-corrected chi connectivity index (χ2v) is 7.98. The molecule has 9 nitrogen and oxygen atoms in total. The summed E-state index contributed by atoms with van der Waals surface area (Å²) in [5.41, 5.74) is 1.76. The summed E-state index contributed by atoms with van der Waals surface area (Å²) >= 11 is 0. The van der Waals surface area contributed by atoms with Gasteiger partial charge in [-0.1, -0.05) is 18.2 Å². The van der Waals surface area contributed by atoms with Crippen LogP contribution in [0.15, 0.2) is 42.5 Å². The Kier molecular flexibility index (Phi) is 6.85. The maximum Gasteiger partial charge on any atom is 0.573 e. The standard InChI is InChI=1S/C23H20F3N3O6/c24-23(25,26)35-15-5-3-13(4-6-15)20(32)27-10-12-1-2-14(11-30)16(9-12)19-22(34-19)28-17-7-8-18(31)29-21(17)33/h1-6,9,11,17,19,22,28H,7-8,10H2,(H,27,32)(H,29,31,33). The normalized spacial score (nSPS) is 21.7. The van der Waals surface area contributed by atoms with Crippen molar-refractivity contribution >= 4 is 24.0 Å². The van der Waals surface area contributed by atoms with Crippen molar-refractivity contribution < 1.29 is 41.8 Å². The Morgan fingerprint density at radius 3 is 2.57 bits per heavy atom. The third-order valence-corrected chi connectivity index (χ3v) is 5.48. The van der Waals surface area contributed by atoms with Crippen molar-refractivity contribution in [3.05, 3.63) is 64.7 Å². The van der Waals surface area contributed by atoms with Crippen molar-refractivity contribution in [1.82, 2.24) is 16.0 Å². The minimum Gasteiger partial charge on any atom is -0.406 e. The van der Waals surface area contributed by atoms with Crippen molar-refractivity contribution in [3.63, 3.8) is 0 Å². The quantitative estimate of drug-likeness (QED) is 0.293. The van der Waals surface area contributed by atoms with Gasteiger partial charge in [0.25, 0.3) is 5.91 Å². The second-order valence-electron chi connectivity index (χ2n) is 7.98. The molecule has 0 aliphatic carbocycles. The molecule has 0 radical (unpaired) electrons. The van der Waals surface area contributed by atoms with E-state index in [0.29, 0.717) is 29.4 Å². The molecule has 2 fully saturated rings. The van der Waals surface area contributed by atoms with Crippen molar-refractivity contribution in [2.45, 2.75) is 44.1 Å². The predicted octanol–water partition coefficient (Wildman–Crippen LogP) is 2.12. The molecule has 0 bridgehead atoms. The number of epoxide rings is 1. The van der Waals surface area contributed by atoms with Gasteiger partial charge < -0.3 is 14.8 Å².